The van der Waals surface area contributed by atoms with Gasteiger partial charge in [-0.15, -0.1) is 0 Å². The number of carbonyl (C=O) groups is 2. The summed E-state index contributed by atoms with van der Waals surface area (Å²) in [5, 5.41) is 12.1. The average molecular weight is 374 g/mol. The number of benzene rings is 2. The molecule has 144 valence electrons. The van der Waals surface area contributed by atoms with Crippen LogP contribution >= 0.6 is 0 Å². The van der Waals surface area contributed by atoms with Crippen LogP contribution in [0.4, 0.5) is 0 Å². The van der Waals surface area contributed by atoms with E-state index in [1.807, 2.05) is 6.92 Å². The van der Waals surface area contributed by atoms with Crippen molar-refractivity contribution in [3.8, 4) is 0 Å². The van der Waals surface area contributed by atoms with Gasteiger partial charge in [0.05, 0.1) is 17.6 Å². The minimum atomic E-state index is -0.948. The number of likely N-dealkylation sites (tertiary alicyclic amines) is 1. The number of carboxylic acid groups (broad SMARTS) is 1. The Balaban J connectivity index is 0.00000210. The van der Waals surface area contributed by atoms with Crippen LogP contribution in [0.2, 0.25) is 0 Å². The van der Waals surface area contributed by atoms with Crippen LogP contribution in [0.3, 0.4) is 0 Å². The number of hydrogen-bond acceptors (Lipinski definition) is 3. The molecule has 28 heavy (non-hydrogen) atoms. The first-order chi connectivity index (χ1) is 12.9. The zero-order valence-corrected chi connectivity index (χ0v) is 16.8. The van der Waals surface area contributed by atoms with Gasteiger partial charge in [-0.25, -0.2) is 4.79 Å². The van der Waals surface area contributed by atoms with Crippen LogP contribution < -0.4 is 24.2 Å². The van der Waals surface area contributed by atoms with Crippen molar-refractivity contribution >= 4 is 11.9 Å². The molecule has 1 fully saturated rings. The van der Waals surface area contributed by atoms with Crippen molar-refractivity contribution in [1.82, 2.24) is 10.2 Å². The zero-order chi connectivity index (χ0) is 19.4. The van der Waals surface area contributed by atoms with E-state index in [9.17, 15) is 9.59 Å². The molecular weight excluding hydrogens is 347 g/mol. The van der Waals surface area contributed by atoms with E-state index in [2.05, 4.69) is 41.4 Å². The van der Waals surface area contributed by atoms with Gasteiger partial charge in [-0.2, -0.15) is 0 Å². The fourth-order valence-electron chi connectivity index (χ4n) is 3.66. The van der Waals surface area contributed by atoms with Gasteiger partial charge in [0, 0.05) is 6.54 Å². The summed E-state index contributed by atoms with van der Waals surface area (Å²) in [7, 11) is 0. The Morgan fingerprint density at radius 1 is 1.25 bits per heavy atom. The van der Waals surface area contributed by atoms with E-state index < -0.39 is 5.97 Å². The smallest absolute Gasteiger partial charge is 1.00 e. The number of nitrogens with one attached hydrogen (secondary N) is 1. The van der Waals surface area contributed by atoms with Gasteiger partial charge < -0.3 is 11.8 Å². The average Bonchev–Trinajstić information content (AvgIpc) is 3.10. The molecule has 2 atom stereocenters. The van der Waals surface area contributed by atoms with Crippen LogP contribution in [0, 0.1) is 6.92 Å². The van der Waals surface area contributed by atoms with E-state index in [4.69, 9.17) is 5.11 Å². The first-order valence-electron chi connectivity index (χ1n) is 9.37. The van der Waals surface area contributed by atoms with Crippen LogP contribution in [0.1, 0.15) is 54.3 Å². The molecule has 5 nitrogen and oxygen atoms in total. The van der Waals surface area contributed by atoms with Gasteiger partial charge >= 0.3 is 24.8 Å². The van der Waals surface area contributed by atoms with Gasteiger partial charge in [-0.3, -0.25) is 9.69 Å². The molecule has 0 spiro atoms. The molecule has 0 aliphatic carbocycles. The molecule has 2 aromatic rings. The number of aromatic carboxylic acids is 1. The standard InChI is InChI=1S/C22H26N2O3.Li.H/c1-15-5-3-6-17(13-15)14-24-12-4-7-20(24)21(25)23-16(2)18-8-10-19(11-9-18)22(26)27;;/h3,5-6,8-11,13,16,20H,4,7,12,14H2,1-2H3,(H,23,25)(H,26,27);;/q;+1;-1/t16-,20+;;/m0../s1. The van der Waals surface area contributed by atoms with E-state index in [0.29, 0.717) is 0 Å². The second-order valence-corrected chi connectivity index (χ2v) is 7.27. The van der Waals surface area contributed by atoms with Crippen LogP contribution in [0.15, 0.2) is 48.5 Å². The van der Waals surface area contributed by atoms with Crippen molar-refractivity contribution in [2.24, 2.45) is 0 Å². The predicted molar refractivity (Wildman–Crippen MR) is 106 cm³/mol. The van der Waals surface area contributed by atoms with E-state index in [1.165, 1.54) is 11.1 Å². The number of carbonyl (C=O) groups excluding carboxylic acids is 1. The first-order valence-corrected chi connectivity index (χ1v) is 9.37. The maximum atomic E-state index is 12.8. The quantitative estimate of drug-likeness (QED) is 0.729. The summed E-state index contributed by atoms with van der Waals surface area (Å²) in [6, 6.07) is 14.8. The Hall–Kier alpha value is -2.06. The predicted octanol–water partition coefficient (Wildman–Crippen LogP) is 0.652. The van der Waals surface area contributed by atoms with Gasteiger partial charge in [0.25, 0.3) is 0 Å². The van der Waals surface area contributed by atoms with Crippen molar-refractivity contribution < 1.29 is 35.0 Å². The molecule has 0 radical (unpaired) electrons. The summed E-state index contributed by atoms with van der Waals surface area (Å²) in [6.45, 7) is 5.71. The van der Waals surface area contributed by atoms with Gasteiger partial charge in [-0.1, -0.05) is 42.0 Å². The molecule has 1 aliphatic rings. The van der Waals surface area contributed by atoms with E-state index >= 15 is 0 Å². The Morgan fingerprint density at radius 3 is 2.61 bits per heavy atom. The van der Waals surface area contributed by atoms with E-state index in [0.717, 1.165) is 31.5 Å². The summed E-state index contributed by atoms with van der Waals surface area (Å²) >= 11 is 0. The fraction of sp³-hybridized carbons (Fsp3) is 0.364. The number of aryl methyl sites for hydroxylation is 1. The van der Waals surface area contributed by atoms with E-state index in [1.54, 1.807) is 24.3 Å². The van der Waals surface area contributed by atoms with Crippen molar-refractivity contribution in [2.75, 3.05) is 6.54 Å². The van der Waals surface area contributed by atoms with Crippen LogP contribution in [0.25, 0.3) is 0 Å². The summed E-state index contributed by atoms with van der Waals surface area (Å²) in [5.41, 5.74) is 3.60. The molecule has 2 N–H and O–H groups in total. The van der Waals surface area contributed by atoms with Gasteiger partial charge in [0.2, 0.25) is 5.91 Å². The molecule has 2 aromatic carbocycles. The van der Waals surface area contributed by atoms with Crippen LogP contribution in [-0.4, -0.2) is 34.5 Å². The SMILES string of the molecule is Cc1cccc(CN2CCC[C@@H]2C(=O)N[C@@H](C)c2ccc(C(=O)O)cc2)c1.[H-].[Li+]. The second kappa shape index (κ2) is 9.93. The molecule has 3 rings (SSSR count). The molecule has 1 saturated heterocycles. The number of hydrogen-bond donors (Lipinski definition) is 2. The molecule has 0 unspecified atom stereocenters. The molecule has 1 aliphatic heterocycles. The largest absolute Gasteiger partial charge is 1.00 e. The number of nitrogens with zero attached hydrogens (tertiary/aromatic N) is 1. The Labute approximate surface area is 179 Å². The summed E-state index contributed by atoms with van der Waals surface area (Å²) in [4.78, 5) is 26.0. The number of rotatable bonds is 6. The molecule has 0 bridgehead atoms. The molecule has 0 aromatic heterocycles. The Bertz CT molecular complexity index is 829. The van der Waals surface area contributed by atoms with E-state index in [-0.39, 0.29) is 43.8 Å². The Kier molecular flexibility index (Phi) is 7.88. The molecular formula is C22H27LiN2O3. The van der Waals surface area contributed by atoms with Crippen molar-refractivity contribution in [2.45, 2.75) is 45.3 Å². The second-order valence-electron chi connectivity index (χ2n) is 7.27. The summed E-state index contributed by atoms with van der Waals surface area (Å²) < 4.78 is 0. The van der Waals surface area contributed by atoms with Gasteiger partial charge in [0.1, 0.15) is 0 Å². The fourth-order valence-corrected chi connectivity index (χ4v) is 3.66. The van der Waals surface area contributed by atoms with Crippen LogP contribution in [0.5, 0.6) is 0 Å². The van der Waals surface area contributed by atoms with Gasteiger partial charge in [0.15, 0.2) is 0 Å². The number of carboxylic acids is 1. The summed E-state index contributed by atoms with van der Waals surface area (Å²) in [6.07, 6.45) is 1.88. The molecule has 6 heteroatoms. The maximum absolute atomic E-state index is 12.8. The van der Waals surface area contributed by atoms with Gasteiger partial charge in [-0.05, 0) is 56.5 Å². The zero-order valence-electron chi connectivity index (χ0n) is 17.8. The van der Waals surface area contributed by atoms with Crippen molar-refractivity contribution in [1.29, 1.82) is 0 Å². The minimum absolute atomic E-state index is 0. The number of amides is 1. The van der Waals surface area contributed by atoms with Crippen molar-refractivity contribution in [3.05, 3.63) is 70.8 Å². The molecule has 0 saturated carbocycles. The third-order valence-corrected chi connectivity index (χ3v) is 5.15. The first kappa shape index (κ1) is 22.2. The topological polar surface area (TPSA) is 69.6 Å². The maximum Gasteiger partial charge on any atom is 1.00 e. The molecule has 1 amide bonds. The third kappa shape index (κ3) is 5.48. The normalized spacial score (nSPS) is 17.6. The third-order valence-electron chi connectivity index (χ3n) is 5.15. The summed E-state index contributed by atoms with van der Waals surface area (Å²) in [5.74, 6) is -0.911. The Morgan fingerprint density at radius 2 is 1.96 bits per heavy atom. The monoisotopic (exact) mass is 374 g/mol. The van der Waals surface area contributed by atoms with Crippen molar-refractivity contribution in [3.63, 3.8) is 0 Å². The molecule has 1 heterocycles. The minimum Gasteiger partial charge on any atom is -1.00 e. The van der Waals surface area contributed by atoms with Crippen LogP contribution in [-0.2, 0) is 11.3 Å².